The van der Waals surface area contributed by atoms with Gasteiger partial charge in [-0.3, -0.25) is 3.97 Å². The molecule has 0 aromatic carbocycles. The minimum atomic E-state index is -2.26. The van der Waals surface area contributed by atoms with Gasteiger partial charge in [-0.2, -0.15) is 4.39 Å². The predicted molar refractivity (Wildman–Crippen MR) is 47.7 cm³/mol. The minimum Gasteiger partial charge on any atom is -0.291 e. The molecule has 0 saturated carbocycles. The van der Waals surface area contributed by atoms with Gasteiger partial charge in [0.15, 0.2) is 0 Å². The summed E-state index contributed by atoms with van der Waals surface area (Å²) < 4.78 is 11.9. The van der Waals surface area contributed by atoms with Crippen LogP contribution in [0.4, 0.5) is 4.39 Å². The van der Waals surface area contributed by atoms with Gasteiger partial charge in [-0.1, -0.05) is 23.2 Å². The van der Waals surface area contributed by atoms with Gasteiger partial charge in [0, 0.05) is 23.8 Å². The molecule has 1 aromatic rings. The molecule has 0 saturated heterocycles. The Morgan fingerprint density at radius 2 is 2.27 bits per heavy atom. The lowest BCUT2D eigenvalue weighted by Gasteiger charge is -2.09. The Bertz CT molecular complexity index is 243. The SMILES string of the molecule is Cc1cccn1SC(F)(Cl)Cl. The van der Waals surface area contributed by atoms with E-state index in [-0.39, 0.29) is 0 Å². The fraction of sp³-hybridized carbons (Fsp3) is 0.333. The lowest BCUT2D eigenvalue weighted by Crippen LogP contribution is -2.01. The van der Waals surface area contributed by atoms with E-state index in [4.69, 9.17) is 23.2 Å². The summed E-state index contributed by atoms with van der Waals surface area (Å²) in [7, 11) is 0. The first-order valence-corrected chi connectivity index (χ1v) is 4.42. The largest absolute Gasteiger partial charge is 0.323 e. The molecular weight excluding hydrogens is 208 g/mol. The summed E-state index contributed by atoms with van der Waals surface area (Å²) in [5.41, 5.74) is 0.901. The van der Waals surface area contributed by atoms with Crippen molar-refractivity contribution in [3.63, 3.8) is 0 Å². The maximum atomic E-state index is 12.6. The Hall–Kier alpha value is 0.140. The molecule has 0 unspecified atom stereocenters. The van der Waals surface area contributed by atoms with Crippen LogP contribution in [0, 0.1) is 6.92 Å². The average Bonchev–Trinajstić information content (AvgIpc) is 2.12. The van der Waals surface area contributed by atoms with Crippen LogP contribution < -0.4 is 0 Å². The summed E-state index contributed by atoms with van der Waals surface area (Å²) in [4.78, 5) is 0. The van der Waals surface area contributed by atoms with E-state index in [1.807, 2.05) is 13.0 Å². The zero-order chi connectivity index (χ0) is 8.48. The van der Waals surface area contributed by atoms with Crippen LogP contribution in [0.1, 0.15) is 5.69 Å². The second-order valence-corrected chi connectivity index (χ2v) is 4.83. The summed E-state index contributed by atoms with van der Waals surface area (Å²) in [6.07, 6.45) is 1.69. The molecule has 0 amide bonds. The lowest BCUT2D eigenvalue weighted by atomic mass is 10.5. The molecular formula is C6H6Cl2FNS. The van der Waals surface area contributed by atoms with Crippen LogP contribution in [0.2, 0.25) is 0 Å². The summed E-state index contributed by atoms with van der Waals surface area (Å²) in [5, 5.41) is 0. The van der Waals surface area contributed by atoms with Gasteiger partial charge in [0.05, 0.1) is 0 Å². The Labute approximate surface area is 78.6 Å². The van der Waals surface area contributed by atoms with Gasteiger partial charge >= 0.3 is 3.92 Å². The quantitative estimate of drug-likeness (QED) is 0.683. The molecule has 0 atom stereocenters. The van der Waals surface area contributed by atoms with Crippen molar-refractivity contribution in [2.75, 3.05) is 0 Å². The van der Waals surface area contributed by atoms with Crippen molar-refractivity contribution < 1.29 is 4.39 Å². The standard InChI is InChI=1S/C6H6Cl2FNS/c1-5-3-2-4-10(5)11-6(7,8)9/h2-4H,1H3. The molecule has 0 spiro atoms. The first-order chi connectivity index (χ1) is 4.99. The van der Waals surface area contributed by atoms with Crippen molar-refractivity contribution in [1.29, 1.82) is 0 Å². The van der Waals surface area contributed by atoms with Crippen molar-refractivity contribution in [1.82, 2.24) is 3.97 Å². The van der Waals surface area contributed by atoms with Gasteiger partial charge in [0.2, 0.25) is 0 Å². The summed E-state index contributed by atoms with van der Waals surface area (Å²) in [6, 6.07) is 3.63. The second-order valence-electron chi connectivity index (χ2n) is 2.01. The second kappa shape index (κ2) is 3.25. The minimum absolute atomic E-state index is 0.715. The molecule has 0 fully saturated rings. The first kappa shape index (κ1) is 9.23. The van der Waals surface area contributed by atoms with E-state index in [2.05, 4.69) is 0 Å². The van der Waals surface area contributed by atoms with E-state index in [0.717, 1.165) is 5.69 Å². The number of rotatable bonds is 2. The zero-order valence-corrected chi connectivity index (χ0v) is 8.05. The third-order valence-corrected chi connectivity index (χ3v) is 2.34. The molecule has 1 heterocycles. The van der Waals surface area contributed by atoms with Gasteiger partial charge < -0.3 is 0 Å². The number of nitrogens with zero attached hydrogens (tertiary/aromatic N) is 1. The number of hydrogen-bond donors (Lipinski definition) is 0. The third-order valence-electron chi connectivity index (χ3n) is 1.11. The van der Waals surface area contributed by atoms with Crippen molar-refractivity contribution in [2.45, 2.75) is 10.8 Å². The summed E-state index contributed by atoms with van der Waals surface area (Å²) >= 11 is 11.0. The lowest BCUT2D eigenvalue weighted by molar-refractivity contribution is 0.514. The van der Waals surface area contributed by atoms with E-state index in [9.17, 15) is 4.39 Å². The molecule has 0 radical (unpaired) electrons. The highest BCUT2D eigenvalue weighted by Gasteiger charge is 2.24. The van der Waals surface area contributed by atoms with E-state index >= 15 is 0 Å². The molecule has 1 nitrogen and oxygen atoms in total. The van der Waals surface area contributed by atoms with Gasteiger partial charge in [0.25, 0.3) is 0 Å². The van der Waals surface area contributed by atoms with Crippen LogP contribution in [0.15, 0.2) is 18.3 Å². The molecule has 0 aliphatic rings. The van der Waals surface area contributed by atoms with Gasteiger partial charge in [0.1, 0.15) is 0 Å². The fourth-order valence-electron chi connectivity index (χ4n) is 0.665. The third kappa shape index (κ3) is 2.93. The molecule has 62 valence electrons. The Morgan fingerprint density at radius 1 is 1.64 bits per heavy atom. The maximum Gasteiger partial charge on any atom is 0.323 e. The van der Waals surface area contributed by atoms with Crippen molar-refractivity contribution in [3.8, 4) is 0 Å². The van der Waals surface area contributed by atoms with E-state index in [1.165, 1.54) is 0 Å². The monoisotopic (exact) mass is 213 g/mol. The topological polar surface area (TPSA) is 4.93 Å². The molecule has 0 aliphatic heterocycles. The van der Waals surface area contributed by atoms with Crippen LogP contribution >= 0.6 is 35.1 Å². The zero-order valence-electron chi connectivity index (χ0n) is 5.72. The Kier molecular flexibility index (Phi) is 2.73. The smallest absolute Gasteiger partial charge is 0.291 e. The first-order valence-electron chi connectivity index (χ1n) is 2.89. The van der Waals surface area contributed by atoms with Crippen LogP contribution in [0.5, 0.6) is 0 Å². The van der Waals surface area contributed by atoms with Crippen molar-refractivity contribution in [2.24, 2.45) is 0 Å². The Balaban J connectivity index is 2.72. The number of aromatic nitrogens is 1. The van der Waals surface area contributed by atoms with Crippen LogP contribution in [-0.4, -0.2) is 7.89 Å². The van der Waals surface area contributed by atoms with Gasteiger partial charge in [-0.05, 0) is 19.1 Å². The van der Waals surface area contributed by atoms with Crippen molar-refractivity contribution in [3.05, 3.63) is 24.0 Å². The molecule has 5 heteroatoms. The average molecular weight is 214 g/mol. The van der Waals surface area contributed by atoms with Crippen molar-refractivity contribution >= 4 is 35.1 Å². The normalized spacial score (nSPS) is 12.0. The maximum absolute atomic E-state index is 12.6. The van der Waals surface area contributed by atoms with E-state index in [1.54, 1.807) is 16.2 Å². The van der Waals surface area contributed by atoms with Crippen LogP contribution in [-0.2, 0) is 0 Å². The molecule has 0 N–H and O–H groups in total. The van der Waals surface area contributed by atoms with Crippen LogP contribution in [0.3, 0.4) is 0 Å². The number of hydrogen-bond acceptors (Lipinski definition) is 1. The van der Waals surface area contributed by atoms with E-state index < -0.39 is 3.92 Å². The van der Waals surface area contributed by atoms with E-state index in [0.29, 0.717) is 11.9 Å². The van der Waals surface area contributed by atoms with Crippen LogP contribution in [0.25, 0.3) is 0 Å². The van der Waals surface area contributed by atoms with Gasteiger partial charge in [-0.25, -0.2) is 0 Å². The number of alkyl halides is 3. The molecule has 0 bridgehead atoms. The fourth-order valence-corrected chi connectivity index (χ4v) is 1.67. The molecule has 11 heavy (non-hydrogen) atoms. The summed E-state index contributed by atoms with van der Waals surface area (Å²) in [5.74, 6) is 0. The highest BCUT2D eigenvalue weighted by Crippen LogP contribution is 2.37. The predicted octanol–water partition coefficient (Wildman–Crippen LogP) is 3.35. The number of aryl methyl sites for hydroxylation is 1. The van der Waals surface area contributed by atoms with Gasteiger partial charge in [-0.15, -0.1) is 0 Å². The Morgan fingerprint density at radius 3 is 2.64 bits per heavy atom. The number of halogens is 3. The molecule has 0 aliphatic carbocycles. The molecule has 1 rings (SSSR count). The highest BCUT2D eigenvalue weighted by molar-refractivity contribution is 8.01. The molecule has 1 aromatic heterocycles. The highest BCUT2D eigenvalue weighted by atomic mass is 35.5. The summed E-state index contributed by atoms with van der Waals surface area (Å²) in [6.45, 7) is 1.84.